The molecule has 1 aromatic heterocycles. The Morgan fingerprint density at radius 3 is 2.73 bits per heavy atom. The van der Waals surface area contributed by atoms with Crippen LogP contribution in [0.5, 0.6) is 0 Å². The molecule has 3 N–H and O–H groups in total. The van der Waals surface area contributed by atoms with Crippen molar-refractivity contribution in [2.45, 2.75) is 57.0 Å². The Morgan fingerprint density at radius 2 is 2.15 bits per heavy atom. The highest BCUT2D eigenvalue weighted by Gasteiger charge is 2.34. The average Bonchev–Trinajstić information content (AvgIpc) is 2.89. The van der Waals surface area contributed by atoms with Crippen LogP contribution >= 0.6 is 0 Å². The first-order valence-electron chi connectivity index (χ1n) is 8.75. The highest BCUT2D eigenvalue weighted by molar-refractivity contribution is 7.89. The van der Waals surface area contributed by atoms with E-state index in [2.05, 4.69) is 5.32 Å². The van der Waals surface area contributed by atoms with Crippen LogP contribution in [0, 0.1) is 12.8 Å². The van der Waals surface area contributed by atoms with E-state index in [1.807, 2.05) is 13.8 Å². The molecule has 0 aliphatic carbocycles. The second-order valence-corrected chi connectivity index (χ2v) is 8.99. The Balaban J connectivity index is 2.06. The number of nitrogens with two attached hydrogens (primary N) is 1. The first kappa shape index (κ1) is 20.6. The number of hydrogen-bond donors (Lipinski definition) is 2. The second-order valence-electron chi connectivity index (χ2n) is 7.09. The number of amides is 1. The summed E-state index contributed by atoms with van der Waals surface area (Å²) >= 11 is 0. The van der Waals surface area contributed by atoms with Crippen molar-refractivity contribution in [2.75, 3.05) is 13.1 Å². The van der Waals surface area contributed by atoms with Crippen LogP contribution in [0.25, 0.3) is 0 Å². The highest BCUT2D eigenvalue weighted by Crippen LogP contribution is 2.23. The molecular weight excluding hydrogens is 358 g/mol. The molecular formula is C17H27N3O5S. The summed E-state index contributed by atoms with van der Waals surface area (Å²) in [6.45, 7) is 5.42. The van der Waals surface area contributed by atoms with Crippen LogP contribution in [-0.4, -0.2) is 49.6 Å². The Hall–Kier alpha value is -1.71. The normalized spacial score (nSPS) is 20.8. The first-order chi connectivity index (χ1) is 12.1. The standard InChI is InChI=1S/C17H27N3O5S/c1-11(2)9-13(18)17(22)19-14-5-4-7-20(10-15(14)21)26(23,24)16-6-8-25-12(16)3/h6,8,11,13-14H,4-5,7,9-10,18H2,1-3H3,(H,19,22)/t13-,14?/m0/s1. The molecule has 0 spiro atoms. The van der Waals surface area contributed by atoms with Crippen LogP contribution < -0.4 is 11.1 Å². The van der Waals surface area contributed by atoms with E-state index >= 15 is 0 Å². The molecule has 26 heavy (non-hydrogen) atoms. The van der Waals surface area contributed by atoms with Gasteiger partial charge in [-0.15, -0.1) is 0 Å². The summed E-state index contributed by atoms with van der Waals surface area (Å²) in [5, 5.41) is 2.68. The van der Waals surface area contributed by atoms with Gasteiger partial charge in [0, 0.05) is 6.54 Å². The number of nitrogens with one attached hydrogen (secondary N) is 1. The summed E-state index contributed by atoms with van der Waals surface area (Å²) in [7, 11) is -3.81. The van der Waals surface area contributed by atoms with Gasteiger partial charge in [-0.25, -0.2) is 8.42 Å². The molecule has 0 saturated carbocycles. The Labute approximate surface area is 154 Å². The molecule has 1 fully saturated rings. The number of aryl methyl sites for hydroxylation is 1. The fourth-order valence-corrected chi connectivity index (χ4v) is 4.61. The Morgan fingerprint density at radius 1 is 1.46 bits per heavy atom. The lowest BCUT2D eigenvalue weighted by molar-refractivity contribution is -0.128. The minimum atomic E-state index is -3.81. The van der Waals surface area contributed by atoms with E-state index in [1.54, 1.807) is 6.92 Å². The molecule has 0 aromatic carbocycles. The lowest BCUT2D eigenvalue weighted by Gasteiger charge is -2.20. The summed E-state index contributed by atoms with van der Waals surface area (Å²) < 4.78 is 31.7. The number of furan rings is 1. The van der Waals surface area contributed by atoms with Crippen molar-refractivity contribution in [1.29, 1.82) is 0 Å². The third-order valence-corrected chi connectivity index (χ3v) is 6.40. The molecule has 1 amide bonds. The molecule has 1 saturated heterocycles. The monoisotopic (exact) mass is 385 g/mol. The zero-order valence-electron chi connectivity index (χ0n) is 15.4. The fourth-order valence-electron chi connectivity index (χ4n) is 3.03. The van der Waals surface area contributed by atoms with Crippen LogP contribution in [0.3, 0.4) is 0 Å². The Kier molecular flexibility index (Phi) is 6.59. The van der Waals surface area contributed by atoms with Gasteiger partial charge in [-0.2, -0.15) is 4.31 Å². The van der Waals surface area contributed by atoms with Crippen LogP contribution in [0.1, 0.15) is 38.9 Å². The number of sulfonamides is 1. The lowest BCUT2D eigenvalue weighted by atomic mass is 10.0. The Bertz CT molecular complexity index is 756. The molecule has 2 heterocycles. The summed E-state index contributed by atoms with van der Waals surface area (Å²) in [4.78, 5) is 24.8. The van der Waals surface area contributed by atoms with E-state index in [0.717, 1.165) is 4.31 Å². The van der Waals surface area contributed by atoms with Gasteiger partial charge in [-0.05, 0) is 38.2 Å². The molecule has 1 unspecified atom stereocenters. The smallest absolute Gasteiger partial charge is 0.246 e. The van der Waals surface area contributed by atoms with Gasteiger partial charge in [-0.1, -0.05) is 13.8 Å². The maximum atomic E-state index is 12.7. The summed E-state index contributed by atoms with van der Waals surface area (Å²) in [6.07, 6.45) is 2.68. The van der Waals surface area contributed by atoms with E-state index in [9.17, 15) is 18.0 Å². The van der Waals surface area contributed by atoms with Crippen LogP contribution in [0.4, 0.5) is 0 Å². The molecule has 1 aliphatic rings. The van der Waals surface area contributed by atoms with E-state index in [0.29, 0.717) is 19.3 Å². The lowest BCUT2D eigenvalue weighted by Crippen LogP contribution is -2.50. The zero-order valence-corrected chi connectivity index (χ0v) is 16.2. The predicted molar refractivity (Wildman–Crippen MR) is 95.8 cm³/mol. The molecule has 1 aromatic rings. The average molecular weight is 385 g/mol. The summed E-state index contributed by atoms with van der Waals surface area (Å²) in [6, 6.07) is -0.0182. The van der Waals surface area contributed by atoms with Crippen molar-refractivity contribution in [3.8, 4) is 0 Å². The maximum absolute atomic E-state index is 12.7. The summed E-state index contributed by atoms with van der Waals surface area (Å²) in [5.41, 5.74) is 5.86. The van der Waals surface area contributed by atoms with Crippen molar-refractivity contribution in [1.82, 2.24) is 9.62 Å². The van der Waals surface area contributed by atoms with Gasteiger partial charge in [-0.3, -0.25) is 9.59 Å². The zero-order chi connectivity index (χ0) is 19.5. The molecule has 0 bridgehead atoms. The fraction of sp³-hybridized carbons (Fsp3) is 0.647. The maximum Gasteiger partial charge on any atom is 0.246 e. The number of carbonyl (C=O) groups is 2. The minimum Gasteiger partial charge on any atom is -0.468 e. The molecule has 146 valence electrons. The number of ketones is 1. The number of hydrogen-bond acceptors (Lipinski definition) is 6. The topological polar surface area (TPSA) is 123 Å². The number of rotatable bonds is 6. The van der Waals surface area contributed by atoms with E-state index in [4.69, 9.17) is 10.2 Å². The number of carbonyl (C=O) groups excluding carboxylic acids is 2. The quantitative estimate of drug-likeness (QED) is 0.747. The van der Waals surface area contributed by atoms with Crippen molar-refractivity contribution < 1.29 is 22.4 Å². The van der Waals surface area contributed by atoms with Gasteiger partial charge >= 0.3 is 0 Å². The minimum absolute atomic E-state index is 0.0618. The first-order valence-corrected chi connectivity index (χ1v) is 10.2. The van der Waals surface area contributed by atoms with Crippen molar-refractivity contribution in [2.24, 2.45) is 11.7 Å². The molecule has 0 radical (unpaired) electrons. The van der Waals surface area contributed by atoms with Crippen molar-refractivity contribution >= 4 is 21.7 Å². The van der Waals surface area contributed by atoms with Gasteiger partial charge in [0.05, 0.1) is 24.9 Å². The molecule has 2 atom stereocenters. The van der Waals surface area contributed by atoms with Crippen molar-refractivity contribution in [3.05, 3.63) is 18.1 Å². The molecule has 8 nitrogen and oxygen atoms in total. The van der Waals surface area contributed by atoms with E-state index in [-0.39, 0.29) is 41.4 Å². The second kappa shape index (κ2) is 8.32. The van der Waals surface area contributed by atoms with Gasteiger partial charge in [0.2, 0.25) is 15.9 Å². The van der Waals surface area contributed by atoms with E-state index in [1.165, 1.54) is 12.3 Å². The van der Waals surface area contributed by atoms with Gasteiger partial charge in [0.1, 0.15) is 10.7 Å². The van der Waals surface area contributed by atoms with Crippen LogP contribution in [-0.2, 0) is 19.6 Å². The van der Waals surface area contributed by atoms with Crippen molar-refractivity contribution in [3.63, 3.8) is 0 Å². The molecule has 9 heteroatoms. The predicted octanol–water partition coefficient (Wildman–Crippen LogP) is 0.800. The summed E-state index contributed by atoms with van der Waals surface area (Å²) in [5.74, 6) is -0.165. The third kappa shape index (κ3) is 4.72. The molecule has 2 rings (SSSR count). The SMILES string of the molecule is Cc1occc1S(=O)(=O)N1CCCC(NC(=O)[C@@H](N)CC(C)C)C(=O)C1. The molecule has 1 aliphatic heterocycles. The number of nitrogens with zero attached hydrogens (tertiary/aromatic N) is 1. The van der Waals surface area contributed by atoms with Crippen LogP contribution in [0.2, 0.25) is 0 Å². The third-order valence-electron chi connectivity index (χ3n) is 4.43. The van der Waals surface area contributed by atoms with Crippen LogP contribution in [0.15, 0.2) is 21.6 Å². The van der Waals surface area contributed by atoms with Gasteiger partial charge in [0.25, 0.3) is 0 Å². The number of Topliss-reactive ketones (excluding diaryl/α,β-unsaturated/α-hetero) is 1. The van der Waals surface area contributed by atoms with Gasteiger partial charge < -0.3 is 15.5 Å². The van der Waals surface area contributed by atoms with E-state index < -0.39 is 22.1 Å². The largest absolute Gasteiger partial charge is 0.468 e. The van der Waals surface area contributed by atoms with Gasteiger partial charge in [0.15, 0.2) is 5.78 Å². The highest BCUT2D eigenvalue weighted by atomic mass is 32.2.